The summed E-state index contributed by atoms with van der Waals surface area (Å²) in [5.74, 6) is -0.486. The number of hydrogen-bond donors (Lipinski definition) is 0. The van der Waals surface area contributed by atoms with Crippen LogP contribution in [-0.2, 0) is 4.79 Å². The Hall–Kier alpha value is -2.70. The van der Waals surface area contributed by atoms with Crippen LogP contribution in [0, 0.1) is 5.82 Å². The van der Waals surface area contributed by atoms with Gasteiger partial charge in [0.25, 0.3) is 5.91 Å². The maximum atomic E-state index is 13.6. The molecule has 0 atom stereocenters. The van der Waals surface area contributed by atoms with Gasteiger partial charge in [-0.3, -0.25) is 9.59 Å². The zero-order valence-corrected chi connectivity index (χ0v) is 13.2. The molecular weight excluding hydrogens is 313 g/mol. The molecule has 124 valence electrons. The summed E-state index contributed by atoms with van der Waals surface area (Å²) in [6.45, 7) is 0.214. The second-order valence-electron chi connectivity index (χ2n) is 6.13. The van der Waals surface area contributed by atoms with Crippen LogP contribution < -0.4 is 9.80 Å². The van der Waals surface area contributed by atoms with Gasteiger partial charge in [-0.2, -0.15) is 0 Å². The molecule has 1 aliphatic carbocycles. The largest absolute Gasteiger partial charge is 0.438 e. The summed E-state index contributed by atoms with van der Waals surface area (Å²) < 4.78 is 19.0. The first-order valence-corrected chi connectivity index (χ1v) is 7.87. The van der Waals surface area contributed by atoms with E-state index in [1.54, 1.807) is 7.05 Å². The van der Waals surface area contributed by atoms with E-state index in [1.165, 1.54) is 34.4 Å². The van der Waals surface area contributed by atoms with Crippen molar-refractivity contribution in [1.82, 2.24) is 4.98 Å². The fourth-order valence-electron chi connectivity index (χ4n) is 3.02. The molecule has 2 amide bonds. The Balaban J connectivity index is 1.77. The van der Waals surface area contributed by atoms with E-state index in [4.69, 9.17) is 4.42 Å². The number of hydrogen-bond acceptors (Lipinski definition) is 4. The Labute approximate surface area is 137 Å². The van der Waals surface area contributed by atoms with Crippen molar-refractivity contribution >= 4 is 23.2 Å². The van der Waals surface area contributed by atoms with E-state index in [-0.39, 0.29) is 36.5 Å². The second-order valence-corrected chi connectivity index (χ2v) is 6.13. The standard InChI is InChI=1S/C17H16FN3O3/c1-20-13-8-11(18)4-5-12(13)21(7-6-14(20)22)17(23)16-15(10-2-3-10)19-9-24-16/h4-5,8-10H,2-3,6-7H2,1H3. The molecule has 7 heteroatoms. The number of benzene rings is 1. The number of aromatic nitrogens is 1. The van der Waals surface area contributed by atoms with E-state index in [1.807, 2.05) is 0 Å². The molecule has 1 aromatic carbocycles. The van der Waals surface area contributed by atoms with Gasteiger partial charge in [0.1, 0.15) is 5.82 Å². The maximum Gasteiger partial charge on any atom is 0.296 e. The zero-order valence-electron chi connectivity index (χ0n) is 13.2. The predicted octanol–water partition coefficient (Wildman–Crippen LogP) is 2.70. The summed E-state index contributed by atoms with van der Waals surface area (Å²) in [6.07, 6.45) is 3.43. The van der Waals surface area contributed by atoms with Crippen LogP contribution in [0.25, 0.3) is 0 Å². The van der Waals surface area contributed by atoms with Gasteiger partial charge in [0.2, 0.25) is 11.7 Å². The van der Waals surface area contributed by atoms with E-state index in [0.29, 0.717) is 17.1 Å². The molecule has 6 nitrogen and oxygen atoms in total. The highest BCUT2D eigenvalue weighted by Gasteiger charge is 2.36. The van der Waals surface area contributed by atoms with Crippen LogP contribution >= 0.6 is 0 Å². The van der Waals surface area contributed by atoms with Crippen molar-refractivity contribution in [3.05, 3.63) is 41.9 Å². The van der Waals surface area contributed by atoms with Gasteiger partial charge in [0.15, 0.2) is 6.39 Å². The first-order valence-electron chi connectivity index (χ1n) is 7.87. The number of nitrogens with zero attached hydrogens (tertiary/aromatic N) is 3. The molecular formula is C17H16FN3O3. The predicted molar refractivity (Wildman–Crippen MR) is 84.6 cm³/mol. The molecule has 1 fully saturated rings. The SMILES string of the molecule is CN1C(=O)CCN(C(=O)c2ocnc2C2CC2)c2ccc(F)cc21. The summed E-state index contributed by atoms with van der Waals surface area (Å²) in [5, 5.41) is 0. The van der Waals surface area contributed by atoms with Crippen molar-refractivity contribution in [3.63, 3.8) is 0 Å². The van der Waals surface area contributed by atoms with Crippen LogP contribution in [0.5, 0.6) is 0 Å². The average Bonchev–Trinajstić information content (AvgIpc) is 3.32. The fourth-order valence-corrected chi connectivity index (χ4v) is 3.02. The van der Waals surface area contributed by atoms with Gasteiger partial charge in [0, 0.05) is 25.9 Å². The molecule has 0 bridgehead atoms. The molecule has 2 aliphatic rings. The van der Waals surface area contributed by atoms with Crippen LogP contribution in [0.4, 0.5) is 15.8 Å². The number of carbonyl (C=O) groups is 2. The zero-order chi connectivity index (χ0) is 16.8. The quantitative estimate of drug-likeness (QED) is 0.849. The van der Waals surface area contributed by atoms with Crippen LogP contribution in [0.1, 0.15) is 41.4 Å². The highest BCUT2D eigenvalue weighted by molar-refractivity contribution is 6.10. The summed E-state index contributed by atoms with van der Waals surface area (Å²) >= 11 is 0. The molecule has 0 saturated heterocycles. The van der Waals surface area contributed by atoms with Crippen molar-refractivity contribution in [2.75, 3.05) is 23.4 Å². The first kappa shape index (κ1) is 14.9. The summed E-state index contributed by atoms with van der Waals surface area (Å²) in [4.78, 5) is 32.2. The fraction of sp³-hybridized carbons (Fsp3) is 0.353. The van der Waals surface area contributed by atoms with Crippen molar-refractivity contribution in [2.24, 2.45) is 0 Å². The second kappa shape index (κ2) is 5.43. The van der Waals surface area contributed by atoms with Crippen LogP contribution in [0.15, 0.2) is 29.0 Å². The maximum absolute atomic E-state index is 13.6. The van der Waals surface area contributed by atoms with Gasteiger partial charge in [-0.15, -0.1) is 0 Å². The topological polar surface area (TPSA) is 66.7 Å². The molecule has 0 N–H and O–H groups in total. The monoisotopic (exact) mass is 329 g/mol. The highest BCUT2D eigenvalue weighted by Crippen LogP contribution is 2.42. The van der Waals surface area contributed by atoms with Gasteiger partial charge >= 0.3 is 0 Å². The minimum atomic E-state index is -0.457. The lowest BCUT2D eigenvalue weighted by molar-refractivity contribution is -0.118. The van der Waals surface area contributed by atoms with Gasteiger partial charge < -0.3 is 14.2 Å². The number of carbonyl (C=O) groups excluding carboxylic acids is 2. The number of anilines is 2. The van der Waals surface area contributed by atoms with Crippen molar-refractivity contribution in [2.45, 2.75) is 25.2 Å². The van der Waals surface area contributed by atoms with Gasteiger partial charge in [-0.1, -0.05) is 0 Å². The van der Waals surface area contributed by atoms with Crippen molar-refractivity contribution in [3.8, 4) is 0 Å². The van der Waals surface area contributed by atoms with E-state index < -0.39 is 5.82 Å². The third-order valence-electron chi connectivity index (χ3n) is 4.51. The molecule has 1 aliphatic heterocycles. The lowest BCUT2D eigenvalue weighted by Gasteiger charge is -2.23. The van der Waals surface area contributed by atoms with Crippen molar-refractivity contribution in [1.29, 1.82) is 0 Å². The lowest BCUT2D eigenvalue weighted by atomic mass is 10.2. The van der Waals surface area contributed by atoms with E-state index >= 15 is 0 Å². The molecule has 2 aromatic rings. The number of amides is 2. The average molecular weight is 329 g/mol. The highest BCUT2D eigenvalue weighted by atomic mass is 19.1. The Morgan fingerprint density at radius 3 is 2.88 bits per heavy atom. The summed E-state index contributed by atoms with van der Waals surface area (Å²) in [7, 11) is 1.58. The Morgan fingerprint density at radius 2 is 2.12 bits per heavy atom. The van der Waals surface area contributed by atoms with E-state index in [0.717, 1.165) is 12.8 Å². The summed E-state index contributed by atoms with van der Waals surface area (Å²) in [6, 6.07) is 4.07. The van der Waals surface area contributed by atoms with E-state index in [9.17, 15) is 14.0 Å². The minimum Gasteiger partial charge on any atom is -0.438 e. The third-order valence-corrected chi connectivity index (χ3v) is 4.51. The van der Waals surface area contributed by atoms with Crippen LogP contribution in [0.3, 0.4) is 0 Å². The lowest BCUT2D eigenvalue weighted by Crippen LogP contribution is -2.32. The molecule has 4 rings (SSSR count). The molecule has 1 saturated carbocycles. The summed E-state index contributed by atoms with van der Waals surface area (Å²) in [5.41, 5.74) is 1.54. The molecule has 0 radical (unpaired) electrons. The minimum absolute atomic E-state index is 0.158. The molecule has 24 heavy (non-hydrogen) atoms. The Bertz CT molecular complexity index is 828. The Morgan fingerprint density at radius 1 is 1.33 bits per heavy atom. The number of halogens is 1. The number of rotatable bonds is 2. The van der Waals surface area contributed by atoms with Gasteiger partial charge in [-0.25, -0.2) is 9.37 Å². The third kappa shape index (κ3) is 2.36. The normalized spacial score (nSPS) is 17.7. The van der Waals surface area contributed by atoms with Crippen LogP contribution in [0.2, 0.25) is 0 Å². The Kier molecular flexibility index (Phi) is 3.37. The molecule has 0 unspecified atom stereocenters. The number of fused-ring (bicyclic) bond motifs is 1. The van der Waals surface area contributed by atoms with Gasteiger partial charge in [0.05, 0.1) is 17.1 Å². The smallest absolute Gasteiger partial charge is 0.296 e. The first-order chi connectivity index (χ1) is 11.6. The molecule has 2 heterocycles. The van der Waals surface area contributed by atoms with Crippen LogP contribution in [-0.4, -0.2) is 30.4 Å². The molecule has 1 aromatic heterocycles. The van der Waals surface area contributed by atoms with E-state index in [2.05, 4.69) is 4.98 Å². The number of oxazole rings is 1. The van der Waals surface area contributed by atoms with Gasteiger partial charge in [-0.05, 0) is 31.0 Å². The van der Waals surface area contributed by atoms with Crippen molar-refractivity contribution < 1.29 is 18.4 Å². The molecule has 0 spiro atoms.